The van der Waals surface area contributed by atoms with Crippen LogP contribution in [-0.4, -0.2) is 0 Å². The summed E-state index contributed by atoms with van der Waals surface area (Å²) < 4.78 is 0. The lowest BCUT2D eigenvalue weighted by Crippen LogP contribution is -2.10. The van der Waals surface area contributed by atoms with Crippen molar-refractivity contribution < 1.29 is 0 Å². The van der Waals surface area contributed by atoms with E-state index in [0.717, 1.165) is 0 Å². The minimum Gasteiger partial charge on any atom is -0.0620 e. The Morgan fingerprint density at radius 2 is 1.88 bits per heavy atom. The number of fused-ring (bicyclic) bond motifs is 1. The number of aryl methyl sites for hydroxylation is 1. The second-order valence-corrected chi connectivity index (χ2v) is 4.46. The summed E-state index contributed by atoms with van der Waals surface area (Å²) >= 11 is 0. The van der Waals surface area contributed by atoms with E-state index in [0.29, 0.717) is 5.92 Å². The molecular weight excluding hydrogens is 192 g/mol. The van der Waals surface area contributed by atoms with Gasteiger partial charge in [-0.2, -0.15) is 0 Å². The zero-order valence-corrected chi connectivity index (χ0v) is 9.32. The fourth-order valence-electron chi connectivity index (χ4n) is 2.70. The Balaban J connectivity index is 2.05. The van der Waals surface area contributed by atoms with Crippen LogP contribution in [0.2, 0.25) is 0 Å². The number of rotatable bonds is 1. The summed E-state index contributed by atoms with van der Waals surface area (Å²) in [6.07, 6.45) is 3.79. The highest BCUT2D eigenvalue weighted by molar-refractivity contribution is 5.39. The lowest BCUT2D eigenvalue weighted by molar-refractivity contribution is 0.615. The molecule has 1 aliphatic carbocycles. The zero-order valence-electron chi connectivity index (χ0n) is 9.32. The smallest absolute Gasteiger partial charge is 0.00983 e. The van der Waals surface area contributed by atoms with E-state index in [1.807, 2.05) is 12.1 Å². The molecule has 0 heterocycles. The van der Waals surface area contributed by atoms with E-state index < -0.39 is 0 Å². The third-order valence-corrected chi connectivity index (χ3v) is 3.48. The molecular formula is C16H15. The summed E-state index contributed by atoms with van der Waals surface area (Å²) in [5, 5.41) is 0. The summed E-state index contributed by atoms with van der Waals surface area (Å²) in [5.74, 6) is 0.561. The van der Waals surface area contributed by atoms with Crippen LogP contribution in [0.1, 0.15) is 35.4 Å². The molecule has 79 valence electrons. The summed E-state index contributed by atoms with van der Waals surface area (Å²) in [6.45, 7) is 0. The van der Waals surface area contributed by atoms with Crippen LogP contribution in [-0.2, 0) is 6.42 Å². The van der Waals surface area contributed by atoms with Crippen LogP contribution in [0, 0.1) is 6.07 Å². The lowest BCUT2D eigenvalue weighted by atomic mass is 9.79. The predicted octanol–water partition coefficient (Wildman–Crippen LogP) is 3.95. The molecule has 0 aliphatic heterocycles. The van der Waals surface area contributed by atoms with E-state index in [4.69, 9.17) is 0 Å². The first-order valence-corrected chi connectivity index (χ1v) is 5.99. The standard InChI is InChI=1S/C16H15/c1-2-7-13(8-3-1)16-12-6-10-14-9-4-5-11-15(14)16/h1-5,7,9,11,16H,6,10,12H2. The monoisotopic (exact) mass is 207 g/mol. The highest BCUT2D eigenvalue weighted by atomic mass is 14.2. The summed E-state index contributed by atoms with van der Waals surface area (Å²) in [4.78, 5) is 0. The molecule has 0 fully saturated rings. The molecule has 1 aliphatic rings. The maximum absolute atomic E-state index is 3.38. The fraction of sp³-hybridized carbons (Fsp3) is 0.250. The maximum Gasteiger partial charge on any atom is 0.00983 e. The average Bonchev–Trinajstić information content (AvgIpc) is 2.39. The molecule has 0 amide bonds. The zero-order chi connectivity index (χ0) is 10.8. The molecule has 0 saturated carbocycles. The first-order valence-electron chi connectivity index (χ1n) is 5.99. The first kappa shape index (κ1) is 9.65. The Morgan fingerprint density at radius 3 is 2.75 bits per heavy atom. The largest absolute Gasteiger partial charge is 0.0620 e. The van der Waals surface area contributed by atoms with Gasteiger partial charge in [0.25, 0.3) is 0 Å². The van der Waals surface area contributed by atoms with Crippen molar-refractivity contribution in [1.82, 2.24) is 0 Å². The van der Waals surface area contributed by atoms with Gasteiger partial charge in [-0.05, 0) is 42.0 Å². The van der Waals surface area contributed by atoms with Gasteiger partial charge >= 0.3 is 0 Å². The molecule has 0 N–H and O–H groups in total. The Morgan fingerprint density at radius 1 is 1.00 bits per heavy atom. The van der Waals surface area contributed by atoms with Gasteiger partial charge in [-0.3, -0.25) is 0 Å². The molecule has 1 radical (unpaired) electrons. The average molecular weight is 207 g/mol. The second-order valence-electron chi connectivity index (χ2n) is 4.46. The van der Waals surface area contributed by atoms with E-state index in [2.05, 4.69) is 42.5 Å². The molecule has 0 nitrogen and oxygen atoms in total. The third-order valence-electron chi connectivity index (χ3n) is 3.48. The summed E-state index contributed by atoms with van der Waals surface area (Å²) in [6, 6.07) is 20.6. The predicted molar refractivity (Wildman–Crippen MR) is 66.5 cm³/mol. The van der Waals surface area contributed by atoms with Crippen LogP contribution in [0.15, 0.2) is 48.5 Å². The van der Waals surface area contributed by atoms with E-state index in [1.54, 1.807) is 0 Å². The van der Waals surface area contributed by atoms with Crippen molar-refractivity contribution in [2.75, 3.05) is 0 Å². The minimum absolute atomic E-state index is 0.561. The fourth-order valence-corrected chi connectivity index (χ4v) is 2.70. The molecule has 1 atom stereocenters. The van der Waals surface area contributed by atoms with Gasteiger partial charge in [0.05, 0.1) is 0 Å². The molecule has 2 aromatic carbocycles. The molecule has 0 aromatic heterocycles. The van der Waals surface area contributed by atoms with Crippen molar-refractivity contribution in [3.05, 3.63) is 71.3 Å². The molecule has 16 heavy (non-hydrogen) atoms. The van der Waals surface area contributed by atoms with Crippen LogP contribution in [0.4, 0.5) is 0 Å². The number of benzene rings is 2. The molecule has 0 spiro atoms. The van der Waals surface area contributed by atoms with Crippen molar-refractivity contribution in [2.45, 2.75) is 25.2 Å². The lowest BCUT2D eigenvalue weighted by Gasteiger charge is -2.25. The van der Waals surface area contributed by atoms with Crippen molar-refractivity contribution in [2.24, 2.45) is 0 Å². The van der Waals surface area contributed by atoms with Gasteiger partial charge in [0, 0.05) is 5.92 Å². The van der Waals surface area contributed by atoms with Crippen LogP contribution in [0.3, 0.4) is 0 Å². The van der Waals surface area contributed by atoms with E-state index in [1.165, 1.54) is 36.0 Å². The third kappa shape index (κ3) is 1.65. The molecule has 0 saturated heterocycles. The molecule has 0 heteroatoms. The Hall–Kier alpha value is -1.56. The highest BCUT2D eigenvalue weighted by Crippen LogP contribution is 2.35. The van der Waals surface area contributed by atoms with E-state index in [-0.39, 0.29) is 0 Å². The molecule has 2 aromatic rings. The summed E-state index contributed by atoms with van der Waals surface area (Å²) in [7, 11) is 0. The quantitative estimate of drug-likeness (QED) is 0.664. The Labute approximate surface area is 96.9 Å². The Kier molecular flexibility index (Phi) is 2.49. The number of hydrogen-bond acceptors (Lipinski definition) is 0. The van der Waals surface area contributed by atoms with E-state index >= 15 is 0 Å². The number of hydrogen-bond donors (Lipinski definition) is 0. The van der Waals surface area contributed by atoms with Gasteiger partial charge in [-0.25, -0.2) is 0 Å². The van der Waals surface area contributed by atoms with Gasteiger partial charge in [-0.15, -0.1) is 0 Å². The van der Waals surface area contributed by atoms with Gasteiger partial charge < -0.3 is 0 Å². The van der Waals surface area contributed by atoms with Crippen LogP contribution in [0.25, 0.3) is 0 Å². The SMILES string of the molecule is [c]1ccccc1C1CCCc2ccccc21. The first-order chi connectivity index (χ1) is 7.95. The van der Waals surface area contributed by atoms with E-state index in [9.17, 15) is 0 Å². The van der Waals surface area contributed by atoms with Crippen molar-refractivity contribution in [3.8, 4) is 0 Å². The highest BCUT2D eigenvalue weighted by Gasteiger charge is 2.20. The van der Waals surface area contributed by atoms with Crippen molar-refractivity contribution >= 4 is 0 Å². The Bertz CT molecular complexity index is 470. The van der Waals surface area contributed by atoms with Gasteiger partial charge in [0.1, 0.15) is 0 Å². The van der Waals surface area contributed by atoms with Crippen LogP contribution >= 0.6 is 0 Å². The van der Waals surface area contributed by atoms with Gasteiger partial charge in [0.15, 0.2) is 0 Å². The van der Waals surface area contributed by atoms with Crippen molar-refractivity contribution in [3.63, 3.8) is 0 Å². The van der Waals surface area contributed by atoms with Crippen LogP contribution < -0.4 is 0 Å². The molecule has 0 bridgehead atoms. The van der Waals surface area contributed by atoms with Crippen molar-refractivity contribution in [1.29, 1.82) is 0 Å². The normalized spacial score (nSPS) is 19.1. The minimum atomic E-state index is 0.561. The topological polar surface area (TPSA) is 0 Å². The van der Waals surface area contributed by atoms with Gasteiger partial charge in [-0.1, -0.05) is 48.5 Å². The molecule has 1 unspecified atom stereocenters. The van der Waals surface area contributed by atoms with Gasteiger partial charge in [0.2, 0.25) is 0 Å². The van der Waals surface area contributed by atoms with Crippen LogP contribution in [0.5, 0.6) is 0 Å². The molecule has 3 rings (SSSR count). The second kappa shape index (κ2) is 4.13. The summed E-state index contributed by atoms with van der Waals surface area (Å²) in [5.41, 5.74) is 4.38. The maximum atomic E-state index is 3.38.